The molecular weight excluding hydrogens is 278 g/mol. The second-order valence-corrected chi connectivity index (χ2v) is 6.91. The molecule has 2 fully saturated rings. The zero-order valence-corrected chi connectivity index (χ0v) is 12.7. The number of hydrogen-bond acceptors (Lipinski definition) is 5. The summed E-state index contributed by atoms with van der Waals surface area (Å²) >= 11 is 0. The van der Waals surface area contributed by atoms with E-state index >= 15 is 0 Å². The fourth-order valence-electron chi connectivity index (χ4n) is 2.85. The predicted molar refractivity (Wildman–Crippen MR) is 72.9 cm³/mol. The minimum Gasteiger partial charge on any atom is -0.481 e. The standard InChI is InChI=1S/C14H23NO6/c1-12(2,3)21-11(18)15-7-13(8-15,10(16)17)14(19)5-4-6-20-9-14/h19H,4-9H2,1-3H3,(H,16,17). The molecule has 0 radical (unpaired) electrons. The lowest BCUT2D eigenvalue weighted by molar-refractivity contribution is -0.218. The molecular formula is C14H23NO6. The van der Waals surface area contributed by atoms with Gasteiger partial charge in [-0.2, -0.15) is 0 Å². The molecule has 7 nitrogen and oxygen atoms in total. The highest BCUT2D eigenvalue weighted by molar-refractivity contribution is 5.82. The van der Waals surface area contributed by atoms with Gasteiger partial charge in [0.1, 0.15) is 16.6 Å². The van der Waals surface area contributed by atoms with Crippen LogP contribution in [0.1, 0.15) is 33.6 Å². The molecule has 2 rings (SSSR count). The number of aliphatic carboxylic acids is 1. The van der Waals surface area contributed by atoms with Crippen LogP contribution in [0.15, 0.2) is 0 Å². The van der Waals surface area contributed by atoms with Gasteiger partial charge in [-0.1, -0.05) is 0 Å². The number of carbonyl (C=O) groups is 2. The van der Waals surface area contributed by atoms with Crippen LogP contribution in [0.4, 0.5) is 4.79 Å². The first-order valence-electron chi connectivity index (χ1n) is 7.11. The Morgan fingerprint density at radius 2 is 1.90 bits per heavy atom. The number of aliphatic hydroxyl groups is 1. The van der Waals surface area contributed by atoms with Crippen molar-refractivity contribution in [3.05, 3.63) is 0 Å². The fourth-order valence-corrected chi connectivity index (χ4v) is 2.85. The van der Waals surface area contributed by atoms with Crippen molar-refractivity contribution >= 4 is 12.1 Å². The molecule has 21 heavy (non-hydrogen) atoms. The van der Waals surface area contributed by atoms with Crippen molar-refractivity contribution in [2.45, 2.75) is 44.8 Å². The van der Waals surface area contributed by atoms with Gasteiger partial charge in [0.15, 0.2) is 0 Å². The van der Waals surface area contributed by atoms with Crippen LogP contribution in [0, 0.1) is 5.41 Å². The van der Waals surface area contributed by atoms with Crippen molar-refractivity contribution < 1.29 is 29.3 Å². The highest BCUT2D eigenvalue weighted by atomic mass is 16.6. The second kappa shape index (κ2) is 5.14. The molecule has 2 aliphatic rings. The molecule has 2 aliphatic heterocycles. The van der Waals surface area contributed by atoms with E-state index in [4.69, 9.17) is 9.47 Å². The van der Waals surface area contributed by atoms with E-state index in [2.05, 4.69) is 0 Å². The number of carboxylic acid groups (broad SMARTS) is 1. The number of amides is 1. The van der Waals surface area contributed by atoms with Gasteiger partial charge in [-0.15, -0.1) is 0 Å². The number of likely N-dealkylation sites (tertiary alicyclic amines) is 1. The molecule has 1 atom stereocenters. The summed E-state index contributed by atoms with van der Waals surface area (Å²) in [6.45, 7) is 5.64. The molecule has 2 N–H and O–H groups in total. The lowest BCUT2D eigenvalue weighted by Crippen LogP contribution is -2.74. The third kappa shape index (κ3) is 2.85. The van der Waals surface area contributed by atoms with Crippen molar-refractivity contribution in [3.8, 4) is 0 Å². The Balaban J connectivity index is 2.08. The van der Waals surface area contributed by atoms with Crippen molar-refractivity contribution in [2.24, 2.45) is 5.41 Å². The normalized spacial score (nSPS) is 28.7. The van der Waals surface area contributed by atoms with E-state index in [0.717, 1.165) is 0 Å². The van der Waals surface area contributed by atoms with Crippen LogP contribution in [-0.2, 0) is 14.3 Å². The molecule has 2 saturated heterocycles. The first-order chi connectivity index (χ1) is 9.60. The average Bonchev–Trinajstić information content (AvgIpc) is 2.24. The lowest BCUT2D eigenvalue weighted by Gasteiger charge is -2.55. The SMILES string of the molecule is CC(C)(C)OC(=O)N1CC(C(=O)O)(C2(O)CCCOC2)C1. The van der Waals surface area contributed by atoms with E-state index in [9.17, 15) is 19.8 Å². The monoisotopic (exact) mass is 301 g/mol. The van der Waals surface area contributed by atoms with Crippen molar-refractivity contribution in [3.63, 3.8) is 0 Å². The Morgan fingerprint density at radius 1 is 1.29 bits per heavy atom. The number of carboxylic acids is 1. The van der Waals surface area contributed by atoms with Gasteiger partial charge in [-0.3, -0.25) is 4.79 Å². The lowest BCUT2D eigenvalue weighted by atomic mass is 9.64. The van der Waals surface area contributed by atoms with Crippen LogP contribution in [-0.4, -0.2) is 64.7 Å². The molecule has 0 aromatic rings. The van der Waals surface area contributed by atoms with E-state index in [1.165, 1.54) is 4.90 Å². The first kappa shape index (κ1) is 16.0. The Kier molecular flexibility index (Phi) is 3.92. The van der Waals surface area contributed by atoms with Crippen LogP contribution in [0.2, 0.25) is 0 Å². The van der Waals surface area contributed by atoms with E-state index < -0.39 is 28.7 Å². The van der Waals surface area contributed by atoms with Gasteiger partial charge in [0, 0.05) is 19.7 Å². The fraction of sp³-hybridized carbons (Fsp3) is 0.857. The summed E-state index contributed by atoms with van der Waals surface area (Å²) in [5, 5.41) is 20.2. The van der Waals surface area contributed by atoms with Gasteiger partial charge in [0.2, 0.25) is 0 Å². The molecule has 0 saturated carbocycles. The van der Waals surface area contributed by atoms with Gasteiger partial charge in [-0.05, 0) is 33.6 Å². The third-order valence-electron chi connectivity index (χ3n) is 4.09. The number of nitrogens with zero attached hydrogens (tertiary/aromatic N) is 1. The highest BCUT2D eigenvalue weighted by Gasteiger charge is 2.64. The van der Waals surface area contributed by atoms with Crippen LogP contribution < -0.4 is 0 Å². The zero-order chi connectivity index (χ0) is 15.9. The van der Waals surface area contributed by atoms with E-state index in [1.807, 2.05) is 0 Å². The van der Waals surface area contributed by atoms with Crippen molar-refractivity contribution in [1.82, 2.24) is 4.90 Å². The quantitative estimate of drug-likeness (QED) is 0.785. The van der Waals surface area contributed by atoms with Crippen LogP contribution in [0.25, 0.3) is 0 Å². The van der Waals surface area contributed by atoms with Gasteiger partial charge in [0.05, 0.1) is 6.61 Å². The van der Waals surface area contributed by atoms with Gasteiger partial charge in [0.25, 0.3) is 0 Å². The number of carbonyl (C=O) groups excluding carboxylic acids is 1. The van der Waals surface area contributed by atoms with Gasteiger partial charge in [-0.25, -0.2) is 4.79 Å². The smallest absolute Gasteiger partial charge is 0.410 e. The van der Waals surface area contributed by atoms with Crippen LogP contribution >= 0.6 is 0 Å². The first-order valence-corrected chi connectivity index (χ1v) is 7.11. The largest absolute Gasteiger partial charge is 0.481 e. The summed E-state index contributed by atoms with van der Waals surface area (Å²) in [6, 6.07) is 0. The number of hydrogen-bond donors (Lipinski definition) is 2. The molecule has 0 aromatic heterocycles. The molecule has 0 aliphatic carbocycles. The topological polar surface area (TPSA) is 96.3 Å². The van der Waals surface area contributed by atoms with Gasteiger partial charge < -0.3 is 24.6 Å². The molecule has 0 bridgehead atoms. The summed E-state index contributed by atoms with van der Waals surface area (Å²) in [5.41, 5.74) is -3.44. The maximum atomic E-state index is 11.9. The summed E-state index contributed by atoms with van der Waals surface area (Å²) in [4.78, 5) is 24.9. The third-order valence-corrected chi connectivity index (χ3v) is 4.09. The molecule has 7 heteroatoms. The predicted octanol–water partition coefficient (Wildman–Crippen LogP) is 0.850. The molecule has 0 aromatic carbocycles. The summed E-state index contributed by atoms with van der Waals surface area (Å²) in [6.07, 6.45) is 0.416. The molecule has 1 unspecified atom stereocenters. The Bertz CT molecular complexity index is 429. The zero-order valence-electron chi connectivity index (χ0n) is 12.7. The van der Waals surface area contributed by atoms with Crippen LogP contribution in [0.3, 0.4) is 0 Å². The Hall–Kier alpha value is -1.34. The molecule has 1 amide bonds. The van der Waals surface area contributed by atoms with Crippen molar-refractivity contribution in [1.29, 1.82) is 0 Å². The van der Waals surface area contributed by atoms with Crippen molar-refractivity contribution in [2.75, 3.05) is 26.3 Å². The number of ether oxygens (including phenoxy) is 2. The Labute approximate surface area is 123 Å². The van der Waals surface area contributed by atoms with E-state index in [-0.39, 0.29) is 19.7 Å². The highest BCUT2D eigenvalue weighted by Crippen LogP contribution is 2.45. The minimum absolute atomic E-state index is 0.0124. The summed E-state index contributed by atoms with van der Waals surface area (Å²) in [5.74, 6) is -1.10. The minimum atomic E-state index is -1.43. The maximum Gasteiger partial charge on any atom is 0.410 e. The average molecular weight is 301 g/mol. The molecule has 2 heterocycles. The maximum absolute atomic E-state index is 11.9. The summed E-state index contributed by atoms with van der Waals surface area (Å²) in [7, 11) is 0. The second-order valence-electron chi connectivity index (χ2n) is 6.91. The van der Waals surface area contributed by atoms with E-state index in [0.29, 0.717) is 19.4 Å². The number of rotatable bonds is 2. The molecule has 0 spiro atoms. The molecule has 120 valence electrons. The van der Waals surface area contributed by atoms with Gasteiger partial charge >= 0.3 is 12.1 Å². The summed E-state index contributed by atoms with van der Waals surface area (Å²) < 4.78 is 10.5. The van der Waals surface area contributed by atoms with Crippen LogP contribution in [0.5, 0.6) is 0 Å². The Morgan fingerprint density at radius 3 is 2.33 bits per heavy atom. The van der Waals surface area contributed by atoms with E-state index in [1.54, 1.807) is 20.8 Å².